The Morgan fingerprint density at radius 2 is 2.05 bits per heavy atom. The highest BCUT2D eigenvalue weighted by molar-refractivity contribution is 5.45. The van der Waals surface area contributed by atoms with Gasteiger partial charge in [0.25, 0.3) is 0 Å². The first-order valence-corrected chi connectivity index (χ1v) is 5.86. The van der Waals surface area contributed by atoms with Gasteiger partial charge in [-0.2, -0.15) is 5.26 Å². The van der Waals surface area contributed by atoms with Gasteiger partial charge in [-0.1, -0.05) is 18.2 Å². The molecule has 0 N–H and O–H groups in total. The third-order valence-corrected chi connectivity index (χ3v) is 2.75. The number of nitrogens with zero attached hydrogens (tertiary/aromatic N) is 2. The van der Waals surface area contributed by atoms with Crippen molar-refractivity contribution in [2.24, 2.45) is 0 Å². The molecule has 0 saturated carbocycles. The molecule has 96 valence electrons. The summed E-state index contributed by atoms with van der Waals surface area (Å²) in [6.07, 6.45) is 0. The van der Waals surface area contributed by atoms with Gasteiger partial charge in [-0.05, 0) is 31.5 Å². The summed E-state index contributed by atoms with van der Waals surface area (Å²) in [5, 5.41) is 9.10. The number of aromatic nitrogens is 1. The van der Waals surface area contributed by atoms with Crippen molar-refractivity contribution in [2.75, 3.05) is 0 Å². The van der Waals surface area contributed by atoms with Crippen LogP contribution in [-0.4, -0.2) is 4.98 Å². The number of nitriles is 1. The van der Waals surface area contributed by atoms with Gasteiger partial charge in [0.1, 0.15) is 24.1 Å². The van der Waals surface area contributed by atoms with E-state index in [4.69, 9.17) is 10.00 Å². The quantitative estimate of drug-likeness (QED) is 0.846. The second-order valence-corrected chi connectivity index (χ2v) is 4.25. The maximum Gasteiger partial charge on any atom is 0.232 e. The lowest BCUT2D eigenvalue weighted by atomic mass is 10.1. The highest BCUT2D eigenvalue weighted by Crippen LogP contribution is 2.21. The molecule has 0 radical (unpaired) electrons. The molecule has 0 saturated heterocycles. The zero-order valence-corrected chi connectivity index (χ0v) is 10.8. The number of pyridine rings is 1. The Balaban J connectivity index is 2.25. The summed E-state index contributed by atoms with van der Waals surface area (Å²) in [4.78, 5) is 4.18. The molecule has 0 aliphatic heterocycles. The van der Waals surface area contributed by atoms with E-state index < -0.39 is 0 Å². The standard InChI is InChI=1S/C15H13FN2O/c1-10-7-11(2)18-15(13(10)8-17)19-9-12-5-3-4-6-14(12)16/h3-7H,9H2,1-2H3. The lowest BCUT2D eigenvalue weighted by Crippen LogP contribution is -2.03. The third kappa shape index (κ3) is 2.89. The van der Waals surface area contributed by atoms with Crippen molar-refractivity contribution >= 4 is 0 Å². The summed E-state index contributed by atoms with van der Waals surface area (Å²) in [5.74, 6) is -0.0753. The van der Waals surface area contributed by atoms with Crippen LogP contribution >= 0.6 is 0 Å². The number of halogens is 1. The van der Waals surface area contributed by atoms with Gasteiger partial charge in [-0.25, -0.2) is 9.37 Å². The summed E-state index contributed by atoms with van der Waals surface area (Å²) in [6.45, 7) is 3.70. The van der Waals surface area contributed by atoms with Crippen molar-refractivity contribution in [3.63, 3.8) is 0 Å². The van der Waals surface area contributed by atoms with Crippen molar-refractivity contribution in [1.82, 2.24) is 4.98 Å². The van der Waals surface area contributed by atoms with Gasteiger partial charge >= 0.3 is 0 Å². The fourth-order valence-electron chi connectivity index (χ4n) is 1.80. The van der Waals surface area contributed by atoms with E-state index in [-0.39, 0.29) is 18.3 Å². The fourth-order valence-corrected chi connectivity index (χ4v) is 1.80. The molecule has 1 heterocycles. The molecule has 2 aromatic rings. The van der Waals surface area contributed by atoms with E-state index >= 15 is 0 Å². The number of rotatable bonds is 3. The number of ether oxygens (including phenoxy) is 1. The highest BCUT2D eigenvalue weighted by atomic mass is 19.1. The van der Waals surface area contributed by atoms with E-state index in [0.717, 1.165) is 11.3 Å². The normalized spacial score (nSPS) is 10.0. The van der Waals surface area contributed by atoms with E-state index in [0.29, 0.717) is 11.1 Å². The Hall–Kier alpha value is -2.41. The molecule has 0 atom stereocenters. The Labute approximate surface area is 111 Å². The number of aryl methyl sites for hydroxylation is 2. The van der Waals surface area contributed by atoms with Gasteiger partial charge in [0.15, 0.2) is 0 Å². The highest BCUT2D eigenvalue weighted by Gasteiger charge is 2.11. The second-order valence-electron chi connectivity index (χ2n) is 4.25. The first-order valence-electron chi connectivity index (χ1n) is 5.86. The SMILES string of the molecule is Cc1cc(C)c(C#N)c(OCc2ccccc2F)n1. The summed E-state index contributed by atoms with van der Waals surface area (Å²) in [7, 11) is 0. The average Bonchev–Trinajstić information content (AvgIpc) is 2.37. The molecule has 4 heteroatoms. The lowest BCUT2D eigenvalue weighted by molar-refractivity contribution is 0.286. The molecule has 3 nitrogen and oxygen atoms in total. The summed E-state index contributed by atoms with van der Waals surface area (Å²) < 4.78 is 19.0. The van der Waals surface area contributed by atoms with Crippen LogP contribution in [0.3, 0.4) is 0 Å². The van der Waals surface area contributed by atoms with Crippen LogP contribution in [0.4, 0.5) is 4.39 Å². The predicted octanol–water partition coefficient (Wildman–Crippen LogP) is 3.29. The Bertz CT molecular complexity index is 647. The minimum atomic E-state index is -0.328. The van der Waals surface area contributed by atoms with Crippen LogP contribution in [0.2, 0.25) is 0 Å². The zero-order valence-electron chi connectivity index (χ0n) is 10.8. The van der Waals surface area contributed by atoms with Gasteiger partial charge < -0.3 is 4.74 Å². The largest absolute Gasteiger partial charge is 0.472 e. The molecule has 2 rings (SSSR count). The van der Waals surface area contributed by atoms with E-state index in [1.807, 2.05) is 19.9 Å². The summed E-state index contributed by atoms with van der Waals surface area (Å²) in [6, 6.07) is 10.2. The minimum absolute atomic E-state index is 0.0528. The number of hydrogen-bond acceptors (Lipinski definition) is 3. The molecular formula is C15H13FN2O. The molecular weight excluding hydrogens is 243 g/mol. The molecule has 0 spiro atoms. The van der Waals surface area contributed by atoms with Crippen LogP contribution in [0.5, 0.6) is 5.88 Å². The molecule has 0 amide bonds. The fraction of sp³-hybridized carbons (Fsp3) is 0.200. The maximum atomic E-state index is 13.5. The number of benzene rings is 1. The third-order valence-electron chi connectivity index (χ3n) is 2.75. The predicted molar refractivity (Wildman–Crippen MR) is 69.2 cm³/mol. The second kappa shape index (κ2) is 5.49. The molecule has 0 aliphatic carbocycles. The summed E-state index contributed by atoms with van der Waals surface area (Å²) in [5.41, 5.74) is 2.40. The van der Waals surface area contributed by atoms with Crippen molar-refractivity contribution in [3.05, 3.63) is 58.5 Å². The average molecular weight is 256 g/mol. The Kier molecular flexibility index (Phi) is 3.76. The van der Waals surface area contributed by atoms with Gasteiger partial charge in [0.05, 0.1) is 0 Å². The monoisotopic (exact) mass is 256 g/mol. The molecule has 0 fully saturated rings. The lowest BCUT2D eigenvalue weighted by Gasteiger charge is -2.10. The van der Waals surface area contributed by atoms with Gasteiger partial charge in [-0.3, -0.25) is 0 Å². The van der Waals surface area contributed by atoms with E-state index in [9.17, 15) is 4.39 Å². The topological polar surface area (TPSA) is 45.9 Å². The Morgan fingerprint density at radius 1 is 1.32 bits per heavy atom. The minimum Gasteiger partial charge on any atom is -0.472 e. The van der Waals surface area contributed by atoms with Gasteiger partial charge in [0, 0.05) is 11.3 Å². The molecule has 0 unspecified atom stereocenters. The van der Waals surface area contributed by atoms with Gasteiger partial charge in [0.2, 0.25) is 5.88 Å². The van der Waals surface area contributed by atoms with Crippen LogP contribution in [0.25, 0.3) is 0 Å². The van der Waals surface area contributed by atoms with Crippen molar-refractivity contribution < 1.29 is 9.13 Å². The molecule has 0 bridgehead atoms. The molecule has 19 heavy (non-hydrogen) atoms. The smallest absolute Gasteiger partial charge is 0.232 e. The van der Waals surface area contributed by atoms with Crippen molar-refractivity contribution in [3.8, 4) is 11.9 Å². The first kappa shape index (κ1) is 13.0. The van der Waals surface area contributed by atoms with E-state index in [1.54, 1.807) is 18.2 Å². The van der Waals surface area contributed by atoms with Crippen molar-refractivity contribution in [1.29, 1.82) is 5.26 Å². The van der Waals surface area contributed by atoms with Crippen LogP contribution in [-0.2, 0) is 6.61 Å². The molecule has 1 aromatic heterocycles. The summed E-state index contributed by atoms with van der Waals surface area (Å²) >= 11 is 0. The van der Waals surface area contributed by atoms with Crippen LogP contribution in [0, 0.1) is 31.0 Å². The van der Waals surface area contributed by atoms with Crippen molar-refractivity contribution in [2.45, 2.75) is 20.5 Å². The zero-order chi connectivity index (χ0) is 13.8. The van der Waals surface area contributed by atoms with Crippen LogP contribution < -0.4 is 4.74 Å². The van der Waals surface area contributed by atoms with Gasteiger partial charge in [-0.15, -0.1) is 0 Å². The van der Waals surface area contributed by atoms with E-state index in [1.165, 1.54) is 6.07 Å². The van der Waals surface area contributed by atoms with Crippen LogP contribution in [0.15, 0.2) is 30.3 Å². The first-order chi connectivity index (χ1) is 9.11. The Morgan fingerprint density at radius 3 is 2.74 bits per heavy atom. The van der Waals surface area contributed by atoms with Crippen LogP contribution in [0.1, 0.15) is 22.4 Å². The number of hydrogen-bond donors (Lipinski definition) is 0. The molecule has 0 aliphatic rings. The van der Waals surface area contributed by atoms with E-state index in [2.05, 4.69) is 11.1 Å². The molecule has 1 aromatic carbocycles. The maximum absolute atomic E-state index is 13.5.